The molecule has 2 aromatic heterocycles. The zero-order valence-corrected chi connectivity index (χ0v) is 23.2. The van der Waals surface area contributed by atoms with Gasteiger partial charge in [-0.1, -0.05) is 37.6 Å². The fourth-order valence-electron chi connectivity index (χ4n) is 5.20. The van der Waals surface area contributed by atoms with Crippen molar-refractivity contribution < 1.29 is 18.0 Å². The Hall–Kier alpha value is -3.21. The topological polar surface area (TPSA) is 91.7 Å². The van der Waals surface area contributed by atoms with Crippen LogP contribution in [-0.2, 0) is 26.2 Å². The molecule has 10 heteroatoms. The zero-order valence-electron chi connectivity index (χ0n) is 21.6. The molecule has 1 atom stereocenters. The van der Waals surface area contributed by atoms with E-state index in [2.05, 4.69) is 28.9 Å². The third-order valence-corrected chi connectivity index (χ3v) is 10.4. The van der Waals surface area contributed by atoms with Crippen molar-refractivity contribution in [2.45, 2.75) is 49.9 Å². The highest BCUT2D eigenvalue weighted by Gasteiger charge is 2.41. The summed E-state index contributed by atoms with van der Waals surface area (Å²) in [4.78, 5) is 28.1. The third kappa shape index (κ3) is 4.83. The highest BCUT2D eigenvalue weighted by molar-refractivity contribution is 7.91. The zero-order chi connectivity index (χ0) is 26.9. The molecule has 0 spiro atoms. The summed E-state index contributed by atoms with van der Waals surface area (Å²) in [5.74, 6) is -0.497. The van der Waals surface area contributed by atoms with E-state index in [4.69, 9.17) is 0 Å². The lowest BCUT2D eigenvalue weighted by molar-refractivity contribution is -0.135. The number of sulfonamides is 1. The molecule has 0 bridgehead atoms. The van der Waals surface area contributed by atoms with Crippen LogP contribution in [0.25, 0.3) is 21.8 Å². The molecule has 1 aliphatic rings. The molecule has 0 saturated carbocycles. The molecule has 0 aliphatic carbocycles. The Morgan fingerprint density at radius 2 is 1.79 bits per heavy atom. The third-order valence-electron chi connectivity index (χ3n) is 7.14. The van der Waals surface area contributed by atoms with Gasteiger partial charge in [-0.25, -0.2) is 8.42 Å². The van der Waals surface area contributed by atoms with Crippen LogP contribution in [-0.4, -0.2) is 59.7 Å². The standard InChI is InChI=1S/C28H32N4O4S2/c1-3-5-11-26(33)30-15-16-32(38(35,36)27-12-8-17-37-27)25(19-30)28(34)29-20-13-14-24-22(18-20)21-9-6-7-10-23(21)31(24)4-2/h6-10,12-14,17-18,25H,3-5,11,15-16,19H2,1-2H3,(H,29,34). The van der Waals surface area contributed by atoms with Crippen LogP contribution in [0.4, 0.5) is 5.69 Å². The normalized spacial score (nSPS) is 16.8. The van der Waals surface area contributed by atoms with Crippen molar-refractivity contribution in [2.24, 2.45) is 0 Å². The number of aromatic nitrogens is 1. The molecular formula is C28H32N4O4S2. The number of aryl methyl sites for hydroxylation is 1. The number of unbranched alkanes of at least 4 members (excludes halogenated alkanes) is 1. The number of rotatable bonds is 8. The van der Waals surface area contributed by atoms with Gasteiger partial charge in [0.15, 0.2) is 0 Å². The van der Waals surface area contributed by atoms with Crippen LogP contribution in [0.5, 0.6) is 0 Å². The molecule has 4 aromatic rings. The van der Waals surface area contributed by atoms with Crippen molar-refractivity contribution >= 4 is 60.7 Å². The predicted molar refractivity (Wildman–Crippen MR) is 152 cm³/mol. The quantitative estimate of drug-likeness (QED) is 0.336. The van der Waals surface area contributed by atoms with Gasteiger partial charge in [-0.3, -0.25) is 9.59 Å². The summed E-state index contributed by atoms with van der Waals surface area (Å²) in [6.45, 7) is 5.29. The smallest absolute Gasteiger partial charge is 0.253 e. The maximum atomic E-state index is 13.7. The number of thiophene rings is 1. The van der Waals surface area contributed by atoms with E-state index in [1.54, 1.807) is 22.4 Å². The molecule has 5 rings (SSSR count). The second-order valence-electron chi connectivity index (χ2n) is 9.49. The SMILES string of the molecule is CCCCC(=O)N1CCN(S(=O)(=O)c2cccs2)C(C(=O)Nc2ccc3c(c2)c2ccccc2n3CC)C1. The maximum absolute atomic E-state index is 13.7. The summed E-state index contributed by atoms with van der Waals surface area (Å²) in [5, 5.41) is 6.77. The lowest BCUT2D eigenvalue weighted by atomic mass is 10.1. The molecule has 38 heavy (non-hydrogen) atoms. The average Bonchev–Trinajstić information content (AvgIpc) is 3.58. The number of hydrogen-bond donors (Lipinski definition) is 1. The number of piperazine rings is 1. The van der Waals surface area contributed by atoms with Crippen molar-refractivity contribution in [1.82, 2.24) is 13.8 Å². The number of benzene rings is 2. The molecule has 3 heterocycles. The Labute approximate surface area is 226 Å². The molecule has 2 amide bonds. The minimum absolute atomic E-state index is 0.0242. The summed E-state index contributed by atoms with van der Waals surface area (Å²) in [7, 11) is -3.89. The Morgan fingerprint density at radius 1 is 1.00 bits per heavy atom. The number of nitrogens with zero attached hydrogens (tertiary/aromatic N) is 3. The monoisotopic (exact) mass is 552 g/mol. The number of carbonyl (C=O) groups excluding carboxylic acids is 2. The van der Waals surface area contributed by atoms with Crippen molar-refractivity contribution in [3.8, 4) is 0 Å². The van der Waals surface area contributed by atoms with Crippen LogP contribution in [0.2, 0.25) is 0 Å². The van der Waals surface area contributed by atoms with E-state index in [1.165, 1.54) is 4.31 Å². The predicted octanol–water partition coefficient (Wildman–Crippen LogP) is 4.91. The molecule has 1 N–H and O–H groups in total. The van der Waals surface area contributed by atoms with Gasteiger partial charge >= 0.3 is 0 Å². The van der Waals surface area contributed by atoms with Gasteiger partial charge in [0.05, 0.1) is 0 Å². The second-order valence-corrected chi connectivity index (χ2v) is 12.6. The van der Waals surface area contributed by atoms with Gasteiger partial charge in [0.25, 0.3) is 10.0 Å². The molecule has 1 unspecified atom stereocenters. The van der Waals surface area contributed by atoms with Crippen LogP contribution in [0.3, 0.4) is 0 Å². The van der Waals surface area contributed by atoms with Gasteiger partial charge in [-0.2, -0.15) is 4.31 Å². The molecule has 1 saturated heterocycles. The number of para-hydroxylation sites is 1. The van der Waals surface area contributed by atoms with Crippen LogP contribution in [0.1, 0.15) is 33.1 Å². The Bertz CT molecular complexity index is 1580. The molecule has 8 nitrogen and oxygen atoms in total. The van der Waals surface area contributed by atoms with E-state index < -0.39 is 22.0 Å². The van der Waals surface area contributed by atoms with Gasteiger partial charge in [-0.05, 0) is 49.1 Å². The molecule has 2 aromatic carbocycles. The highest BCUT2D eigenvalue weighted by atomic mass is 32.2. The lowest BCUT2D eigenvalue weighted by Gasteiger charge is -2.39. The number of anilines is 1. The first kappa shape index (κ1) is 26.4. The van der Waals surface area contributed by atoms with E-state index in [-0.39, 0.29) is 29.8 Å². The summed E-state index contributed by atoms with van der Waals surface area (Å²) >= 11 is 1.12. The van der Waals surface area contributed by atoms with Crippen molar-refractivity contribution in [3.05, 3.63) is 60.0 Å². The van der Waals surface area contributed by atoms with E-state index in [9.17, 15) is 18.0 Å². The molecule has 0 radical (unpaired) electrons. The fourth-order valence-corrected chi connectivity index (χ4v) is 7.89. The number of amides is 2. The number of fused-ring (bicyclic) bond motifs is 3. The molecule has 1 fully saturated rings. The van der Waals surface area contributed by atoms with E-state index in [0.717, 1.165) is 52.5 Å². The Kier molecular flexibility index (Phi) is 7.56. The Morgan fingerprint density at radius 3 is 2.53 bits per heavy atom. The number of hydrogen-bond acceptors (Lipinski definition) is 5. The highest BCUT2D eigenvalue weighted by Crippen LogP contribution is 2.32. The molecule has 1 aliphatic heterocycles. The summed E-state index contributed by atoms with van der Waals surface area (Å²) in [5.41, 5.74) is 2.78. The van der Waals surface area contributed by atoms with Crippen LogP contribution in [0.15, 0.2) is 64.2 Å². The van der Waals surface area contributed by atoms with Gasteiger partial charge < -0.3 is 14.8 Å². The lowest BCUT2D eigenvalue weighted by Crippen LogP contribution is -2.60. The fraction of sp³-hybridized carbons (Fsp3) is 0.357. The average molecular weight is 553 g/mol. The number of nitrogens with one attached hydrogen (secondary N) is 1. The first-order valence-electron chi connectivity index (χ1n) is 13.0. The van der Waals surface area contributed by atoms with Crippen molar-refractivity contribution in [1.29, 1.82) is 0 Å². The van der Waals surface area contributed by atoms with Crippen LogP contribution in [0, 0.1) is 0 Å². The largest absolute Gasteiger partial charge is 0.341 e. The minimum Gasteiger partial charge on any atom is -0.341 e. The Balaban J connectivity index is 1.46. The maximum Gasteiger partial charge on any atom is 0.253 e. The molecule has 200 valence electrons. The van der Waals surface area contributed by atoms with Gasteiger partial charge in [-0.15, -0.1) is 11.3 Å². The van der Waals surface area contributed by atoms with Gasteiger partial charge in [0.2, 0.25) is 11.8 Å². The first-order chi connectivity index (χ1) is 18.3. The second kappa shape index (κ2) is 10.9. The van der Waals surface area contributed by atoms with E-state index in [1.807, 2.05) is 37.3 Å². The van der Waals surface area contributed by atoms with E-state index >= 15 is 0 Å². The van der Waals surface area contributed by atoms with Gasteiger partial charge in [0, 0.05) is 60.1 Å². The summed E-state index contributed by atoms with van der Waals surface area (Å²) < 4.78 is 30.6. The summed E-state index contributed by atoms with van der Waals surface area (Å²) in [6, 6.07) is 16.1. The first-order valence-corrected chi connectivity index (χ1v) is 15.3. The van der Waals surface area contributed by atoms with Gasteiger partial charge in [0.1, 0.15) is 10.3 Å². The number of carbonyl (C=O) groups is 2. The van der Waals surface area contributed by atoms with Crippen molar-refractivity contribution in [3.63, 3.8) is 0 Å². The van der Waals surface area contributed by atoms with Crippen LogP contribution >= 0.6 is 11.3 Å². The van der Waals surface area contributed by atoms with Crippen LogP contribution < -0.4 is 5.32 Å². The molecular weight excluding hydrogens is 520 g/mol. The minimum atomic E-state index is -3.89. The van der Waals surface area contributed by atoms with E-state index in [0.29, 0.717) is 12.1 Å². The summed E-state index contributed by atoms with van der Waals surface area (Å²) in [6.07, 6.45) is 2.04. The van der Waals surface area contributed by atoms with Crippen molar-refractivity contribution in [2.75, 3.05) is 25.0 Å².